The van der Waals surface area contributed by atoms with Crippen LogP contribution in [0.2, 0.25) is 0 Å². The molecule has 0 aromatic heterocycles. The van der Waals surface area contributed by atoms with Gasteiger partial charge in [0.1, 0.15) is 0 Å². The monoisotopic (exact) mass is 247 g/mol. The minimum absolute atomic E-state index is 0.0946. The molecular formula is C16H25NO. The Hall–Kier alpha value is -0.530. The summed E-state index contributed by atoms with van der Waals surface area (Å²) in [4.78, 5) is 15.2. The van der Waals surface area contributed by atoms with Gasteiger partial charge in [-0.1, -0.05) is 12.8 Å². The zero-order valence-electron chi connectivity index (χ0n) is 11.4. The molecule has 100 valence electrons. The molecule has 0 unspecified atom stereocenters. The van der Waals surface area contributed by atoms with Gasteiger partial charge in [0.05, 0.1) is 5.41 Å². The van der Waals surface area contributed by atoms with E-state index in [4.69, 9.17) is 0 Å². The van der Waals surface area contributed by atoms with Crippen molar-refractivity contribution in [2.75, 3.05) is 13.1 Å². The fourth-order valence-electron chi connectivity index (χ4n) is 5.71. The predicted molar refractivity (Wildman–Crippen MR) is 71.0 cm³/mol. The Morgan fingerprint density at radius 1 is 0.889 bits per heavy atom. The predicted octanol–water partition coefficient (Wildman–Crippen LogP) is 3.22. The van der Waals surface area contributed by atoms with Crippen LogP contribution < -0.4 is 0 Å². The van der Waals surface area contributed by atoms with Crippen LogP contribution in [0.5, 0.6) is 0 Å². The SMILES string of the molecule is O=C(N1CCCC1)C12CC3C[C@@H](CC[C@H](C3)C1)C2. The molecule has 5 rings (SSSR count). The summed E-state index contributed by atoms with van der Waals surface area (Å²) in [5.41, 5.74) is 0.0946. The van der Waals surface area contributed by atoms with Gasteiger partial charge in [0, 0.05) is 13.1 Å². The van der Waals surface area contributed by atoms with Crippen LogP contribution in [0, 0.1) is 23.2 Å². The average molecular weight is 247 g/mol. The summed E-state index contributed by atoms with van der Waals surface area (Å²) < 4.78 is 0. The Kier molecular flexibility index (Phi) is 2.50. The van der Waals surface area contributed by atoms with E-state index >= 15 is 0 Å². The minimum Gasteiger partial charge on any atom is -0.342 e. The number of nitrogens with zero attached hydrogens (tertiary/aromatic N) is 1. The van der Waals surface area contributed by atoms with E-state index in [2.05, 4.69) is 4.90 Å². The molecule has 1 amide bonds. The highest BCUT2D eigenvalue weighted by Gasteiger charge is 2.53. The van der Waals surface area contributed by atoms with Gasteiger partial charge in [0.15, 0.2) is 0 Å². The molecule has 5 fully saturated rings. The Bertz CT molecular complexity index is 342. The average Bonchev–Trinajstić information content (AvgIpc) is 2.80. The van der Waals surface area contributed by atoms with Crippen LogP contribution in [0.15, 0.2) is 0 Å². The zero-order chi connectivity index (χ0) is 12.2. The maximum Gasteiger partial charge on any atom is 0.228 e. The van der Waals surface area contributed by atoms with Crippen LogP contribution in [0.1, 0.15) is 57.8 Å². The summed E-state index contributed by atoms with van der Waals surface area (Å²) in [5.74, 6) is 3.20. The maximum absolute atomic E-state index is 13.0. The third kappa shape index (κ3) is 1.64. The molecule has 1 saturated heterocycles. The Balaban J connectivity index is 1.63. The fraction of sp³-hybridized carbons (Fsp3) is 0.938. The first-order valence-corrected chi connectivity index (χ1v) is 8.05. The molecule has 4 aliphatic carbocycles. The second kappa shape index (κ2) is 3.98. The molecule has 2 heteroatoms. The minimum atomic E-state index is 0.0946. The molecule has 0 spiro atoms. The van der Waals surface area contributed by atoms with Crippen molar-refractivity contribution in [3.8, 4) is 0 Å². The van der Waals surface area contributed by atoms with Gasteiger partial charge in [-0.05, 0) is 62.7 Å². The highest BCUT2D eigenvalue weighted by atomic mass is 16.2. The lowest BCUT2D eigenvalue weighted by Crippen LogP contribution is -2.49. The van der Waals surface area contributed by atoms with Gasteiger partial charge in [-0.25, -0.2) is 0 Å². The lowest BCUT2D eigenvalue weighted by molar-refractivity contribution is -0.149. The third-order valence-corrected chi connectivity index (χ3v) is 6.20. The van der Waals surface area contributed by atoms with Crippen molar-refractivity contribution >= 4 is 5.91 Å². The normalized spacial score (nSPS) is 46.4. The standard InChI is InChI=1S/C16H25NO/c18-15(17-5-1-2-6-17)16-9-12-3-4-13(10-16)8-14(7-12)11-16/h12-14H,1-11H2/t12-,13-,14?,16?/m1/s1. The van der Waals surface area contributed by atoms with Crippen molar-refractivity contribution in [3.63, 3.8) is 0 Å². The lowest BCUT2D eigenvalue weighted by atomic mass is 9.58. The summed E-state index contributed by atoms with van der Waals surface area (Å²) in [6.45, 7) is 2.08. The number of fused-ring (bicyclic) bond motifs is 1. The molecule has 1 heterocycles. The second-order valence-corrected chi connectivity index (χ2v) is 7.54. The van der Waals surface area contributed by atoms with Crippen LogP contribution >= 0.6 is 0 Å². The molecule has 0 radical (unpaired) electrons. The van der Waals surface area contributed by atoms with E-state index in [1.165, 1.54) is 57.8 Å². The molecular weight excluding hydrogens is 222 g/mol. The van der Waals surface area contributed by atoms with Crippen molar-refractivity contribution in [2.45, 2.75) is 57.8 Å². The van der Waals surface area contributed by atoms with E-state index in [1.54, 1.807) is 0 Å². The zero-order valence-corrected chi connectivity index (χ0v) is 11.4. The fourth-order valence-corrected chi connectivity index (χ4v) is 5.71. The quantitative estimate of drug-likeness (QED) is 0.696. The number of rotatable bonds is 1. The molecule has 1 aliphatic heterocycles. The van der Waals surface area contributed by atoms with Crippen molar-refractivity contribution in [2.24, 2.45) is 23.2 Å². The van der Waals surface area contributed by atoms with Gasteiger partial charge in [0.25, 0.3) is 0 Å². The van der Waals surface area contributed by atoms with Gasteiger partial charge in [-0.3, -0.25) is 4.79 Å². The number of likely N-dealkylation sites (tertiary alicyclic amines) is 1. The first kappa shape index (κ1) is 11.3. The van der Waals surface area contributed by atoms with E-state index in [9.17, 15) is 4.79 Å². The van der Waals surface area contributed by atoms with E-state index in [0.29, 0.717) is 5.91 Å². The van der Waals surface area contributed by atoms with Crippen LogP contribution in [-0.2, 0) is 4.79 Å². The first-order valence-electron chi connectivity index (χ1n) is 8.05. The van der Waals surface area contributed by atoms with Crippen LogP contribution in [-0.4, -0.2) is 23.9 Å². The number of hydrogen-bond acceptors (Lipinski definition) is 1. The number of carbonyl (C=O) groups is 1. The van der Waals surface area contributed by atoms with Crippen molar-refractivity contribution < 1.29 is 4.79 Å². The van der Waals surface area contributed by atoms with Gasteiger partial charge in [-0.15, -0.1) is 0 Å². The van der Waals surface area contributed by atoms with Crippen LogP contribution in [0.3, 0.4) is 0 Å². The van der Waals surface area contributed by atoms with Crippen molar-refractivity contribution in [1.29, 1.82) is 0 Å². The first-order chi connectivity index (χ1) is 8.75. The summed E-state index contributed by atoms with van der Waals surface area (Å²) >= 11 is 0. The third-order valence-electron chi connectivity index (χ3n) is 6.20. The Morgan fingerprint density at radius 3 is 2.06 bits per heavy atom. The van der Waals surface area contributed by atoms with Crippen LogP contribution in [0.25, 0.3) is 0 Å². The Labute approximate surface area is 110 Å². The van der Waals surface area contributed by atoms with E-state index < -0.39 is 0 Å². The van der Waals surface area contributed by atoms with E-state index in [-0.39, 0.29) is 5.41 Å². The molecule has 0 N–H and O–H groups in total. The molecule has 2 nitrogen and oxygen atoms in total. The second-order valence-electron chi connectivity index (χ2n) is 7.54. The van der Waals surface area contributed by atoms with Crippen molar-refractivity contribution in [1.82, 2.24) is 4.90 Å². The largest absolute Gasteiger partial charge is 0.342 e. The topological polar surface area (TPSA) is 20.3 Å². The van der Waals surface area contributed by atoms with Gasteiger partial charge < -0.3 is 4.90 Å². The van der Waals surface area contributed by atoms with Gasteiger partial charge in [-0.2, -0.15) is 0 Å². The molecule has 0 aromatic rings. The van der Waals surface area contributed by atoms with Crippen molar-refractivity contribution in [3.05, 3.63) is 0 Å². The number of hydrogen-bond donors (Lipinski definition) is 0. The summed E-state index contributed by atoms with van der Waals surface area (Å²) in [6, 6.07) is 0. The number of amides is 1. The molecule has 4 bridgehead atoms. The molecule has 18 heavy (non-hydrogen) atoms. The summed E-state index contributed by atoms with van der Waals surface area (Å²) in [5, 5.41) is 0. The molecule has 4 saturated carbocycles. The number of carbonyl (C=O) groups excluding carboxylic acids is 1. The molecule has 0 aromatic carbocycles. The van der Waals surface area contributed by atoms with Gasteiger partial charge >= 0.3 is 0 Å². The molecule has 2 atom stereocenters. The highest BCUT2D eigenvalue weighted by Crippen LogP contribution is 2.58. The summed E-state index contributed by atoms with van der Waals surface area (Å²) in [7, 11) is 0. The van der Waals surface area contributed by atoms with Gasteiger partial charge in [0.2, 0.25) is 5.91 Å². The molecule has 5 aliphatic rings. The lowest BCUT2D eigenvalue weighted by Gasteiger charge is -2.48. The highest BCUT2D eigenvalue weighted by molar-refractivity contribution is 5.83. The van der Waals surface area contributed by atoms with Crippen LogP contribution in [0.4, 0.5) is 0 Å². The maximum atomic E-state index is 13.0. The summed E-state index contributed by atoms with van der Waals surface area (Å²) in [6.07, 6.45) is 11.9. The Morgan fingerprint density at radius 2 is 1.44 bits per heavy atom. The van der Waals surface area contributed by atoms with E-state index in [1.807, 2.05) is 0 Å². The smallest absolute Gasteiger partial charge is 0.228 e. The van der Waals surface area contributed by atoms with E-state index in [0.717, 1.165) is 30.8 Å².